The lowest BCUT2D eigenvalue weighted by Gasteiger charge is -2.07. The molecule has 2 aromatic carbocycles. The molecule has 0 unspecified atom stereocenters. The van der Waals surface area contributed by atoms with E-state index in [4.69, 9.17) is 27.1 Å². The molecule has 0 spiro atoms. The van der Waals surface area contributed by atoms with E-state index in [1.807, 2.05) is 77.5 Å². The molecule has 0 atom stereocenters. The van der Waals surface area contributed by atoms with Gasteiger partial charge in [0.15, 0.2) is 11.4 Å². The monoisotopic (exact) mass is 349 g/mol. The lowest BCUT2D eigenvalue weighted by molar-refractivity contribution is 0.308. The van der Waals surface area contributed by atoms with Crippen LogP contribution in [-0.4, -0.2) is 9.38 Å². The van der Waals surface area contributed by atoms with Crippen LogP contribution in [0.5, 0.6) is 5.75 Å². The Morgan fingerprint density at radius 2 is 1.76 bits per heavy atom. The number of hydrogen-bond acceptors (Lipinski definition) is 3. The van der Waals surface area contributed by atoms with Gasteiger partial charge < -0.3 is 14.9 Å². The number of halogens is 1. The fraction of sp³-hybridized carbons (Fsp3) is 0.0500. The topological polar surface area (TPSA) is 52.5 Å². The molecule has 0 aliphatic heterocycles. The minimum absolute atomic E-state index is 0.459. The molecule has 4 rings (SSSR count). The standard InChI is InChI=1S/C20H16ClN3O/c21-16-7-3-14(4-8-16)13-25-19-2-1-11-24-12-18(23-20(19)24)15-5-9-17(22)10-6-15/h1-12H,13,22H2. The number of ether oxygens (including phenoxy) is 1. The number of pyridine rings is 1. The van der Waals surface area contributed by atoms with Crippen molar-refractivity contribution in [2.45, 2.75) is 6.61 Å². The third-order valence-corrected chi connectivity index (χ3v) is 4.21. The Balaban J connectivity index is 1.63. The van der Waals surface area contributed by atoms with Crippen molar-refractivity contribution in [3.8, 4) is 17.0 Å². The third kappa shape index (κ3) is 3.30. The third-order valence-electron chi connectivity index (χ3n) is 3.96. The van der Waals surface area contributed by atoms with Crippen LogP contribution < -0.4 is 10.5 Å². The molecule has 0 radical (unpaired) electrons. The molecule has 5 heteroatoms. The summed E-state index contributed by atoms with van der Waals surface area (Å²) in [5, 5.41) is 0.715. The highest BCUT2D eigenvalue weighted by atomic mass is 35.5. The number of imidazole rings is 1. The van der Waals surface area contributed by atoms with Crippen LogP contribution >= 0.6 is 11.6 Å². The van der Waals surface area contributed by atoms with E-state index < -0.39 is 0 Å². The minimum atomic E-state index is 0.459. The molecule has 0 fully saturated rings. The van der Waals surface area contributed by atoms with Crippen molar-refractivity contribution in [2.75, 3.05) is 5.73 Å². The van der Waals surface area contributed by atoms with Crippen molar-refractivity contribution in [1.29, 1.82) is 0 Å². The van der Waals surface area contributed by atoms with Gasteiger partial charge >= 0.3 is 0 Å². The van der Waals surface area contributed by atoms with E-state index in [0.717, 1.165) is 33.9 Å². The van der Waals surface area contributed by atoms with E-state index in [-0.39, 0.29) is 0 Å². The number of rotatable bonds is 4. The molecular weight excluding hydrogens is 334 g/mol. The summed E-state index contributed by atoms with van der Waals surface area (Å²) in [4.78, 5) is 4.72. The number of benzene rings is 2. The molecule has 124 valence electrons. The van der Waals surface area contributed by atoms with Gasteiger partial charge in [0.25, 0.3) is 0 Å². The number of nitrogen functional groups attached to an aromatic ring is 1. The van der Waals surface area contributed by atoms with Crippen molar-refractivity contribution in [2.24, 2.45) is 0 Å². The van der Waals surface area contributed by atoms with Gasteiger partial charge in [0.2, 0.25) is 0 Å². The molecule has 2 heterocycles. The average Bonchev–Trinajstić information content (AvgIpc) is 3.06. The highest BCUT2D eigenvalue weighted by Crippen LogP contribution is 2.25. The Morgan fingerprint density at radius 3 is 2.52 bits per heavy atom. The number of anilines is 1. The van der Waals surface area contributed by atoms with Crippen molar-refractivity contribution < 1.29 is 4.74 Å². The number of nitrogens with two attached hydrogens (primary N) is 1. The molecule has 4 nitrogen and oxygen atoms in total. The lowest BCUT2D eigenvalue weighted by Crippen LogP contribution is -1.97. The maximum absolute atomic E-state index is 5.97. The highest BCUT2D eigenvalue weighted by Gasteiger charge is 2.09. The average molecular weight is 350 g/mol. The van der Waals surface area contributed by atoms with Crippen molar-refractivity contribution in [3.63, 3.8) is 0 Å². The van der Waals surface area contributed by atoms with Gasteiger partial charge in [-0.1, -0.05) is 35.9 Å². The molecule has 2 aromatic heterocycles. The molecule has 0 aliphatic carbocycles. The molecule has 0 amide bonds. The van der Waals surface area contributed by atoms with Crippen molar-refractivity contribution in [1.82, 2.24) is 9.38 Å². The Morgan fingerprint density at radius 1 is 1.00 bits per heavy atom. The first-order valence-corrected chi connectivity index (χ1v) is 8.28. The van der Waals surface area contributed by atoms with Crippen LogP contribution in [0.15, 0.2) is 73.1 Å². The van der Waals surface area contributed by atoms with Crippen LogP contribution in [0.25, 0.3) is 16.9 Å². The molecular formula is C20H16ClN3O. The predicted molar refractivity (Wildman–Crippen MR) is 101 cm³/mol. The van der Waals surface area contributed by atoms with E-state index in [1.165, 1.54) is 0 Å². The zero-order valence-corrected chi connectivity index (χ0v) is 14.1. The number of nitrogens with zero attached hydrogens (tertiary/aromatic N) is 2. The zero-order valence-electron chi connectivity index (χ0n) is 13.4. The Kier molecular flexibility index (Phi) is 4.04. The minimum Gasteiger partial charge on any atom is -0.485 e. The van der Waals surface area contributed by atoms with E-state index >= 15 is 0 Å². The normalized spacial score (nSPS) is 10.9. The van der Waals surface area contributed by atoms with Crippen LogP contribution in [0, 0.1) is 0 Å². The second kappa shape index (κ2) is 6.49. The van der Waals surface area contributed by atoms with E-state index in [1.54, 1.807) is 0 Å². The second-order valence-electron chi connectivity index (χ2n) is 5.77. The van der Waals surface area contributed by atoms with Gasteiger partial charge in [-0.05, 0) is 42.0 Å². The van der Waals surface area contributed by atoms with E-state index in [2.05, 4.69) is 0 Å². The molecule has 2 N–H and O–H groups in total. The molecule has 0 saturated heterocycles. The predicted octanol–water partition coefficient (Wildman–Crippen LogP) is 4.82. The van der Waals surface area contributed by atoms with Crippen LogP contribution in [0.3, 0.4) is 0 Å². The molecule has 0 saturated carbocycles. The van der Waals surface area contributed by atoms with Gasteiger partial charge in [0.05, 0.1) is 5.69 Å². The maximum atomic E-state index is 5.97. The van der Waals surface area contributed by atoms with Crippen molar-refractivity contribution in [3.05, 3.63) is 83.6 Å². The van der Waals surface area contributed by atoms with Crippen LogP contribution in [0.4, 0.5) is 5.69 Å². The second-order valence-corrected chi connectivity index (χ2v) is 6.20. The molecule has 0 bridgehead atoms. The SMILES string of the molecule is Nc1ccc(-c2cn3cccc(OCc4ccc(Cl)cc4)c3n2)cc1. The summed E-state index contributed by atoms with van der Waals surface area (Å²) in [6.45, 7) is 0.459. The van der Waals surface area contributed by atoms with Gasteiger partial charge in [-0.2, -0.15) is 0 Å². The first-order valence-electron chi connectivity index (χ1n) is 7.90. The molecule has 0 aliphatic rings. The van der Waals surface area contributed by atoms with Crippen molar-refractivity contribution >= 4 is 22.9 Å². The number of fused-ring (bicyclic) bond motifs is 1. The van der Waals surface area contributed by atoms with Crippen LogP contribution in [0.2, 0.25) is 5.02 Å². The van der Waals surface area contributed by atoms with Gasteiger partial charge in [0, 0.05) is 28.7 Å². The summed E-state index contributed by atoms with van der Waals surface area (Å²) in [6.07, 6.45) is 3.94. The smallest absolute Gasteiger partial charge is 0.180 e. The fourth-order valence-corrected chi connectivity index (χ4v) is 2.76. The molecule has 25 heavy (non-hydrogen) atoms. The molecule has 4 aromatic rings. The van der Waals surface area contributed by atoms with E-state index in [9.17, 15) is 0 Å². The fourth-order valence-electron chi connectivity index (χ4n) is 2.63. The summed E-state index contributed by atoms with van der Waals surface area (Å²) >= 11 is 5.92. The van der Waals surface area contributed by atoms with Crippen LogP contribution in [0.1, 0.15) is 5.56 Å². The summed E-state index contributed by atoms with van der Waals surface area (Å²) in [7, 11) is 0. The largest absolute Gasteiger partial charge is 0.485 e. The van der Waals surface area contributed by atoms with E-state index in [0.29, 0.717) is 11.6 Å². The number of aromatic nitrogens is 2. The summed E-state index contributed by atoms with van der Waals surface area (Å²) < 4.78 is 7.93. The first kappa shape index (κ1) is 15.5. The van der Waals surface area contributed by atoms with Gasteiger partial charge in [-0.15, -0.1) is 0 Å². The van der Waals surface area contributed by atoms with Gasteiger partial charge in [-0.3, -0.25) is 0 Å². The lowest BCUT2D eigenvalue weighted by atomic mass is 10.1. The highest BCUT2D eigenvalue weighted by molar-refractivity contribution is 6.30. The van der Waals surface area contributed by atoms with Gasteiger partial charge in [-0.25, -0.2) is 4.98 Å². The van der Waals surface area contributed by atoms with Gasteiger partial charge in [0.1, 0.15) is 6.61 Å². The quantitative estimate of drug-likeness (QED) is 0.537. The first-order chi connectivity index (χ1) is 12.2. The van der Waals surface area contributed by atoms with Crippen LogP contribution in [-0.2, 0) is 6.61 Å². The number of hydrogen-bond donors (Lipinski definition) is 1. The Bertz CT molecular complexity index is 1010. The maximum Gasteiger partial charge on any atom is 0.180 e. The Hall–Kier alpha value is -2.98. The summed E-state index contributed by atoms with van der Waals surface area (Å²) in [5.74, 6) is 0.735. The summed E-state index contributed by atoms with van der Waals surface area (Å²) in [5.41, 5.74) is 10.2. The summed E-state index contributed by atoms with van der Waals surface area (Å²) in [6, 6.07) is 19.2. The Labute approximate surface area is 150 Å². The zero-order chi connectivity index (χ0) is 17.2.